The Morgan fingerprint density at radius 3 is 2.69 bits per heavy atom. The first-order chi connectivity index (χ1) is 14.2. The minimum atomic E-state index is -0.397. The molecule has 1 fully saturated rings. The molecule has 2 aliphatic heterocycles. The average molecular weight is 396 g/mol. The fourth-order valence-corrected chi connectivity index (χ4v) is 4.39. The van der Waals surface area contributed by atoms with Crippen LogP contribution in [0.4, 0.5) is 0 Å². The third-order valence-corrected chi connectivity index (χ3v) is 6.00. The standard InChI is InChI=1S/C23H29N3O3/c1-28-19-6-4-17(5-7-19)21(26-11-9-25-10-12-26)15-22-20-14-18(23(24)27)3-2-16(20)8-13-29-22/h2-7,14,21-22,25H,8-13,15H2,1H3,(H2,24,27). The Bertz CT molecular complexity index is 847. The first-order valence-corrected chi connectivity index (χ1v) is 10.3. The molecule has 4 rings (SSSR count). The fraction of sp³-hybridized carbons (Fsp3) is 0.435. The van der Waals surface area contributed by atoms with Crippen molar-refractivity contribution in [3.63, 3.8) is 0 Å². The topological polar surface area (TPSA) is 76.8 Å². The molecule has 3 N–H and O–H groups in total. The number of rotatable bonds is 6. The average Bonchev–Trinajstić information content (AvgIpc) is 2.78. The number of ether oxygens (including phenoxy) is 2. The van der Waals surface area contributed by atoms with Crippen molar-refractivity contribution < 1.29 is 14.3 Å². The first-order valence-electron chi connectivity index (χ1n) is 10.3. The van der Waals surface area contributed by atoms with Crippen molar-refractivity contribution in [2.24, 2.45) is 5.73 Å². The Balaban J connectivity index is 1.64. The molecule has 2 heterocycles. The normalized spacial score (nSPS) is 20.7. The van der Waals surface area contributed by atoms with Gasteiger partial charge in [-0.3, -0.25) is 9.69 Å². The smallest absolute Gasteiger partial charge is 0.248 e. The number of carbonyl (C=O) groups excluding carboxylic acids is 1. The van der Waals surface area contributed by atoms with Gasteiger partial charge in [-0.1, -0.05) is 18.2 Å². The molecular weight excluding hydrogens is 366 g/mol. The molecule has 0 aromatic heterocycles. The highest BCUT2D eigenvalue weighted by atomic mass is 16.5. The van der Waals surface area contributed by atoms with Gasteiger partial charge < -0.3 is 20.5 Å². The molecule has 154 valence electrons. The van der Waals surface area contributed by atoms with Crippen molar-refractivity contribution in [2.45, 2.75) is 25.0 Å². The molecule has 1 saturated heterocycles. The monoisotopic (exact) mass is 395 g/mol. The van der Waals surface area contributed by atoms with E-state index in [2.05, 4.69) is 22.3 Å². The van der Waals surface area contributed by atoms with Crippen molar-refractivity contribution in [1.29, 1.82) is 0 Å². The van der Waals surface area contributed by atoms with Gasteiger partial charge in [0.1, 0.15) is 5.75 Å². The van der Waals surface area contributed by atoms with Gasteiger partial charge in [-0.15, -0.1) is 0 Å². The molecule has 0 saturated carbocycles. The van der Waals surface area contributed by atoms with E-state index in [0.717, 1.165) is 50.3 Å². The second-order valence-corrected chi connectivity index (χ2v) is 7.70. The molecule has 0 spiro atoms. The highest BCUT2D eigenvalue weighted by Gasteiger charge is 2.30. The maximum absolute atomic E-state index is 11.7. The van der Waals surface area contributed by atoms with Gasteiger partial charge >= 0.3 is 0 Å². The highest BCUT2D eigenvalue weighted by molar-refractivity contribution is 5.93. The van der Waals surface area contributed by atoms with E-state index in [9.17, 15) is 4.79 Å². The van der Waals surface area contributed by atoms with Crippen LogP contribution in [0.1, 0.15) is 45.6 Å². The number of carbonyl (C=O) groups is 1. The van der Waals surface area contributed by atoms with E-state index < -0.39 is 5.91 Å². The van der Waals surface area contributed by atoms with Crippen molar-refractivity contribution in [1.82, 2.24) is 10.2 Å². The van der Waals surface area contributed by atoms with Gasteiger partial charge in [0.15, 0.2) is 0 Å². The van der Waals surface area contributed by atoms with Gasteiger partial charge in [0.05, 0.1) is 19.8 Å². The van der Waals surface area contributed by atoms with Crippen LogP contribution in [0.15, 0.2) is 42.5 Å². The van der Waals surface area contributed by atoms with Gasteiger partial charge in [0.25, 0.3) is 0 Å². The first kappa shape index (κ1) is 19.9. The SMILES string of the molecule is COc1ccc(C(CC2OCCc3ccc(C(N)=O)cc32)N2CCNCC2)cc1. The summed E-state index contributed by atoms with van der Waals surface area (Å²) < 4.78 is 11.5. The van der Waals surface area contributed by atoms with Crippen LogP contribution in [0, 0.1) is 0 Å². The number of piperazine rings is 1. The number of nitrogens with one attached hydrogen (secondary N) is 1. The second-order valence-electron chi connectivity index (χ2n) is 7.70. The summed E-state index contributed by atoms with van der Waals surface area (Å²) >= 11 is 0. The van der Waals surface area contributed by atoms with Gasteiger partial charge in [-0.05, 0) is 53.8 Å². The zero-order valence-corrected chi connectivity index (χ0v) is 16.9. The predicted molar refractivity (Wildman–Crippen MR) is 112 cm³/mol. The number of hydrogen-bond donors (Lipinski definition) is 2. The summed E-state index contributed by atoms with van der Waals surface area (Å²) in [5.74, 6) is 0.462. The molecule has 0 radical (unpaired) electrons. The predicted octanol–water partition coefficient (Wildman–Crippen LogP) is 2.44. The van der Waals surface area contributed by atoms with Crippen LogP contribution in [-0.4, -0.2) is 50.7 Å². The number of nitrogens with two attached hydrogens (primary N) is 1. The van der Waals surface area contributed by atoms with Gasteiger partial charge in [0.2, 0.25) is 5.91 Å². The maximum Gasteiger partial charge on any atom is 0.248 e. The molecular formula is C23H29N3O3. The van der Waals surface area contributed by atoms with E-state index >= 15 is 0 Å². The Kier molecular flexibility index (Phi) is 6.13. The number of fused-ring (bicyclic) bond motifs is 1. The van der Waals surface area contributed by atoms with Crippen LogP contribution in [0.2, 0.25) is 0 Å². The van der Waals surface area contributed by atoms with E-state index in [1.165, 1.54) is 11.1 Å². The van der Waals surface area contributed by atoms with Gasteiger partial charge in [-0.25, -0.2) is 0 Å². The summed E-state index contributed by atoms with van der Waals surface area (Å²) in [5.41, 5.74) is 9.67. The number of hydrogen-bond acceptors (Lipinski definition) is 5. The second kappa shape index (κ2) is 8.95. The summed E-state index contributed by atoms with van der Waals surface area (Å²) in [4.78, 5) is 14.2. The number of methoxy groups -OCH3 is 1. The van der Waals surface area contributed by atoms with Gasteiger partial charge in [-0.2, -0.15) is 0 Å². The Labute approximate surface area is 172 Å². The molecule has 29 heavy (non-hydrogen) atoms. The molecule has 6 heteroatoms. The summed E-state index contributed by atoms with van der Waals surface area (Å²) in [7, 11) is 1.69. The van der Waals surface area contributed by atoms with Crippen molar-refractivity contribution >= 4 is 5.91 Å². The Hall–Kier alpha value is -2.41. The fourth-order valence-electron chi connectivity index (χ4n) is 4.39. The minimum Gasteiger partial charge on any atom is -0.497 e. The van der Waals surface area contributed by atoms with E-state index in [4.69, 9.17) is 15.2 Å². The number of amides is 1. The Morgan fingerprint density at radius 2 is 2.00 bits per heavy atom. The van der Waals surface area contributed by atoms with Crippen LogP contribution in [-0.2, 0) is 11.2 Å². The molecule has 2 unspecified atom stereocenters. The van der Waals surface area contributed by atoms with E-state index in [-0.39, 0.29) is 12.1 Å². The molecule has 0 bridgehead atoms. The largest absolute Gasteiger partial charge is 0.497 e. The van der Waals surface area contributed by atoms with Crippen molar-refractivity contribution in [2.75, 3.05) is 39.9 Å². The van der Waals surface area contributed by atoms with Crippen LogP contribution in [0.5, 0.6) is 5.75 Å². The lowest BCUT2D eigenvalue weighted by Crippen LogP contribution is -2.45. The van der Waals surface area contributed by atoms with Crippen molar-refractivity contribution in [3.05, 3.63) is 64.7 Å². The summed E-state index contributed by atoms with van der Waals surface area (Å²) in [6.45, 7) is 4.67. The van der Waals surface area contributed by atoms with Crippen LogP contribution < -0.4 is 15.8 Å². The van der Waals surface area contributed by atoms with Crippen LogP contribution >= 0.6 is 0 Å². The molecule has 2 aromatic rings. The maximum atomic E-state index is 11.7. The lowest BCUT2D eigenvalue weighted by Gasteiger charge is -2.38. The third-order valence-electron chi connectivity index (χ3n) is 6.00. The third kappa shape index (κ3) is 4.45. The molecule has 2 atom stereocenters. The number of nitrogens with zero attached hydrogens (tertiary/aromatic N) is 1. The number of benzene rings is 2. The summed E-state index contributed by atoms with van der Waals surface area (Å²) in [6.07, 6.45) is 1.65. The molecule has 1 amide bonds. The summed E-state index contributed by atoms with van der Waals surface area (Å²) in [6, 6.07) is 14.3. The zero-order valence-electron chi connectivity index (χ0n) is 16.9. The zero-order chi connectivity index (χ0) is 20.2. The number of primary amides is 1. The van der Waals surface area contributed by atoms with E-state index in [0.29, 0.717) is 12.2 Å². The lowest BCUT2D eigenvalue weighted by atomic mass is 9.89. The van der Waals surface area contributed by atoms with Crippen LogP contribution in [0.3, 0.4) is 0 Å². The van der Waals surface area contributed by atoms with E-state index in [1.54, 1.807) is 7.11 Å². The van der Waals surface area contributed by atoms with E-state index in [1.807, 2.05) is 30.3 Å². The van der Waals surface area contributed by atoms with Gasteiger partial charge in [0, 0.05) is 37.8 Å². The Morgan fingerprint density at radius 1 is 1.24 bits per heavy atom. The lowest BCUT2D eigenvalue weighted by molar-refractivity contribution is 0.0119. The summed E-state index contributed by atoms with van der Waals surface area (Å²) in [5, 5.41) is 3.43. The molecule has 0 aliphatic carbocycles. The van der Waals surface area contributed by atoms with Crippen molar-refractivity contribution in [3.8, 4) is 5.75 Å². The highest BCUT2D eigenvalue weighted by Crippen LogP contribution is 2.38. The van der Waals surface area contributed by atoms with Crippen LogP contribution in [0.25, 0.3) is 0 Å². The molecule has 2 aromatic carbocycles. The minimum absolute atomic E-state index is 0.0555. The molecule has 6 nitrogen and oxygen atoms in total. The quantitative estimate of drug-likeness (QED) is 0.786. The molecule has 2 aliphatic rings.